The fourth-order valence-electron chi connectivity index (χ4n) is 3.47. The van der Waals surface area contributed by atoms with Crippen molar-refractivity contribution >= 4 is 17.5 Å². The van der Waals surface area contributed by atoms with Crippen molar-refractivity contribution in [2.45, 2.75) is 37.9 Å². The summed E-state index contributed by atoms with van der Waals surface area (Å²) in [5.74, 6) is -0.386. The molecular weight excluding hydrogens is 308 g/mol. The molecule has 0 saturated heterocycles. The number of nitrogens with two attached hydrogens (primary N) is 1. The van der Waals surface area contributed by atoms with Gasteiger partial charge in [-0.25, -0.2) is 0 Å². The zero-order valence-corrected chi connectivity index (χ0v) is 13.0. The summed E-state index contributed by atoms with van der Waals surface area (Å²) in [4.78, 5) is 27.0. The molecule has 0 bridgehead atoms. The van der Waals surface area contributed by atoms with Gasteiger partial charge in [-0.2, -0.15) is 15.4 Å². The summed E-state index contributed by atoms with van der Waals surface area (Å²) in [7, 11) is 0. The van der Waals surface area contributed by atoms with Gasteiger partial charge in [-0.1, -0.05) is 18.2 Å². The van der Waals surface area contributed by atoms with Gasteiger partial charge in [0, 0.05) is 6.42 Å². The van der Waals surface area contributed by atoms with Crippen LogP contribution in [-0.4, -0.2) is 39.3 Å². The van der Waals surface area contributed by atoms with Crippen LogP contribution in [0.3, 0.4) is 0 Å². The van der Waals surface area contributed by atoms with Crippen LogP contribution in [0.5, 0.6) is 0 Å². The molecule has 8 heteroatoms. The van der Waals surface area contributed by atoms with Gasteiger partial charge in [0.15, 0.2) is 0 Å². The molecule has 0 aliphatic carbocycles. The third-order valence-electron chi connectivity index (χ3n) is 4.66. The van der Waals surface area contributed by atoms with E-state index in [0.29, 0.717) is 18.5 Å². The number of carbonyl (C=O) groups excluding carboxylic acids is 2. The van der Waals surface area contributed by atoms with Gasteiger partial charge in [-0.3, -0.25) is 14.5 Å². The van der Waals surface area contributed by atoms with Crippen molar-refractivity contribution in [3.8, 4) is 0 Å². The first kappa shape index (κ1) is 14.8. The lowest BCUT2D eigenvalue weighted by molar-refractivity contribution is -0.126. The number of aromatic nitrogens is 3. The van der Waals surface area contributed by atoms with Crippen molar-refractivity contribution in [3.05, 3.63) is 41.2 Å². The van der Waals surface area contributed by atoms with E-state index >= 15 is 0 Å². The zero-order chi connectivity index (χ0) is 16.7. The summed E-state index contributed by atoms with van der Waals surface area (Å²) in [6.07, 6.45) is 3.40. The van der Waals surface area contributed by atoms with E-state index in [0.717, 1.165) is 23.2 Å². The van der Waals surface area contributed by atoms with E-state index in [1.807, 2.05) is 18.2 Å². The Morgan fingerprint density at radius 2 is 2.25 bits per heavy atom. The number of hydrogen-bond donors (Lipinski definition) is 3. The number of aryl methyl sites for hydroxylation is 1. The quantitative estimate of drug-likeness (QED) is 0.713. The average molecular weight is 326 g/mol. The second kappa shape index (κ2) is 5.72. The van der Waals surface area contributed by atoms with Gasteiger partial charge in [-0.15, -0.1) is 0 Å². The Balaban J connectivity index is 1.62. The largest absolute Gasteiger partial charge is 0.348 e. The molecule has 2 atom stereocenters. The topological polar surface area (TPSA) is 117 Å². The van der Waals surface area contributed by atoms with Crippen LogP contribution in [0.25, 0.3) is 0 Å². The zero-order valence-electron chi connectivity index (χ0n) is 13.0. The molecule has 0 spiro atoms. The third-order valence-corrected chi connectivity index (χ3v) is 4.66. The van der Waals surface area contributed by atoms with Gasteiger partial charge in [0.2, 0.25) is 11.8 Å². The van der Waals surface area contributed by atoms with Crippen molar-refractivity contribution in [2.75, 3.05) is 4.90 Å². The maximum atomic E-state index is 12.7. The van der Waals surface area contributed by atoms with Gasteiger partial charge >= 0.3 is 0 Å². The minimum atomic E-state index is -0.575. The van der Waals surface area contributed by atoms with Crippen molar-refractivity contribution in [2.24, 2.45) is 5.73 Å². The van der Waals surface area contributed by atoms with Gasteiger partial charge in [-0.05, 0) is 24.0 Å². The number of anilines is 1. The van der Waals surface area contributed by atoms with E-state index in [1.54, 1.807) is 11.1 Å². The Morgan fingerprint density at radius 3 is 3.04 bits per heavy atom. The Bertz CT molecular complexity index is 788. The lowest BCUT2D eigenvalue weighted by atomic mass is 10.0. The van der Waals surface area contributed by atoms with Crippen LogP contribution < -0.4 is 16.0 Å². The number of nitrogens with zero attached hydrogens (tertiary/aromatic N) is 3. The molecule has 1 aromatic carbocycles. The van der Waals surface area contributed by atoms with Crippen molar-refractivity contribution in [3.63, 3.8) is 0 Å². The number of nitrogens with one attached hydrogen (secondary N) is 2. The first-order chi connectivity index (χ1) is 11.6. The molecule has 4 N–H and O–H groups in total. The van der Waals surface area contributed by atoms with Gasteiger partial charge in [0.1, 0.15) is 11.7 Å². The molecule has 3 heterocycles. The highest BCUT2D eigenvalue weighted by Crippen LogP contribution is 2.38. The number of rotatable bonds is 3. The maximum absolute atomic E-state index is 12.7. The Hall–Kier alpha value is -2.74. The molecule has 0 saturated carbocycles. The fraction of sp³-hybridized carbons (Fsp3) is 0.375. The van der Waals surface area contributed by atoms with Crippen LogP contribution in [0, 0.1) is 0 Å². The fourth-order valence-corrected chi connectivity index (χ4v) is 3.47. The number of aromatic amines is 1. The number of carbonyl (C=O) groups is 2. The Morgan fingerprint density at radius 1 is 1.42 bits per heavy atom. The molecule has 0 radical (unpaired) electrons. The van der Waals surface area contributed by atoms with Crippen LogP contribution in [0.2, 0.25) is 0 Å². The highest BCUT2D eigenvalue weighted by molar-refractivity contribution is 6.06. The number of benzene rings is 1. The summed E-state index contributed by atoms with van der Waals surface area (Å²) in [5.41, 5.74) is 9.63. The van der Waals surface area contributed by atoms with E-state index in [4.69, 9.17) is 5.73 Å². The third kappa shape index (κ3) is 2.35. The van der Waals surface area contributed by atoms with Crippen molar-refractivity contribution in [1.29, 1.82) is 0 Å². The van der Waals surface area contributed by atoms with E-state index in [2.05, 4.69) is 20.7 Å². The molecule has 124 valence electrons. The maximum Gasteiger partial charge on any atom is 0.244 e. The lowest BCUT2D eigenvalue weighted by Gasteiger charge is -2.26. The standard InChI is InChI=1S/C16H18N6O2/c17-12-5-4-9-2-1-3-10-6-13(22(14(9)10)16(12)24)15(23)18-7-11-8-19-21-20-11/h1-3,8,12-13H,4-7,17H2,(H,18,23)(H,19,20,21). The molecule has 2 unspecified atom stereocenters. The summed E-state index contributed by atoms with van der Waals surface area (Å²) in [5, 5.41) is 12.9. The number of amides is 2. The molecule has 4 rings (SSSR count). The minimum absolute atomic E-state index is 0.180. The van der Waals surface area contributed by atoms with Crippen LogP contribution in [0.15, 0.2) is 24.4 Å². The summed E-state index contributed by atoms with van der Waals surface area (Å²) in [6, 6.07) is 4.82. The molecule has 1 aromatic heterocycles. The molecule has 2 aliphatic heterocycles. The summed E-state index contributed by atoms with van der Waals surface area (Å²) >= 11 is 0. The Labute approximate surface area is 138 Å². The number of para-hydroxylation sites is 1. The molecular formula is C16H18N6O2. The molecule has 2 aliphatic rings. The SMILES string of the molecule is NC1CCc2cccc3c2N(C1=O)C(C(=O)NCc1cn[nH]n1)C3. The highest BCUT2D eigenvalue weighted by Gasteiger charge is 2.42. The highest BCUT2D eigenvalue weighted by atomic mass is 16.2. The molecule has 24 heavy (non-hydrogen) atoms. The second-order valence-corrected chi connectivity index (χ2v) is 6.18. The van der Waals surface area contributed by atoms with Crippen molar-refractivity contribution < 1.29 is 9.59 Å². The van der Waals surface area contributed by atoms with E-state index in [9.17, 15) is 9.59 Å². The van der Waals surface area contributed by atoms with E-state index < -0.39 is 12.1 Å². The minimum Gasteiger partial charge on any atom is -0.348 e. The Kier molecular flexibility index (Phi) is 3.53. The summed E-state index contributed by atoms with van der Waals surface area (Å²) < 4.78 is 0. The number of hydrogen-bond acceptors (Lipinski definition) is 5. The van der Waals surface area contributed by atoms with Crippen LogP contribution in [0.4, 0.5) is 5.69 Å². The molecule has 2 aromatic rings. The van der Waals surface area contributed by atoms with E-state index in [1.165, 1.54) is 0 Å². The normalized spacial score (nSPS) is 22.2. The van der Waals surface area contributed by atoms with Crippen LogP contribution in [-0.2, 0) is 29.0 Å². The molecule has 2 amide bonds. The van der Waals surface area contributed by atoms with Gasteiger partial charge in [0.05, 0.1) is 24.5 Å². The van der Waals surface area contributed by atoms with Crippen LogP contribution in [0.1, 0.15) is 23.2 Å². The summed E-state index contributed by atoms with van der Waals surface area (Å²) in [6.45, 7) is 0.267. The average Bonchev–Trinajstić information content (AvgIpc) is 3.21. The molecule has 8 nitrogen and oxygen atoms in total. The first-order valence-electron chi connectivity index (χ1n) is 7.97. The van der Waals surface area contributed by atoms with Gasteiger partial charge in [0.25, 0.3) is 0 Å². The first-order valence-corrected chi connectivity index (χ1v) is 7.97. The van der Waals surface area contributed by atoms with Gasteiger partial charge < -0.3 is 11.1 Å². The van der Waals surface area contributed by atoms with E-state index in [-0.39, 0.29) is 18.4 Å². The smallest absolute Gasteiger partial charge is 0.244 e. The predicted octanol–water partition coefficient (Wildman–Crippen LogP) is -0.348. The monoisotopic (exact) mass is 326 g/mol. The second-order valence-electron chi connectivity index (χ2n) is 6.18. The lowest BCUT2D eigenvalue weighted by Crippen LogP contribution is -2.52. The predicted molar refractivity (Wildman–Crippen MR) is 85.9 cm³/mol. The van der Waals surface area contributed by atoms with Crippen LogP contribution >= 0.6 is 0 Å². The van der Waals surface area contributed by atoms with Crippen molar-refractivity contribution in [1.82, 2.24) is 20.7 Å². The number of H-pyrrole nitrogens is 1. The molecule has 0 fully saturated rings.